The molecule has 2 aliphatic rings. The first-order chi connectivity index (χ1) is 16.1. The molecule has 0 radical (unpaired) electrons. The van der Waals surface area contributed by atoms with E-state index in [-0.39, 0.29) is 11.8 Å². The SMILES string of the molecule is CC(=O)N1CCN(Cc2ccc3c(c2)CN(C(=O)c2ccc4ncccc4c2)CCO3)CC1. The first-order valence-corrected chi connectivity index (χ1v) is 11.4. The van der Waals surface area contributed by atoms with Gasteiger partial charge in [0.15, 0.2) is 0 Å². The number of hydrogen-bond acceptors (Lipinski definition) is 5. The van der Waals surface area contributed by atoms with E-state index >= 15 is 0 Å². The smallest absolute Gasteiger partial charge is 0.254 e. The van der Waals surface area contributed by atoms with Gasteiger partial charge < -0.3 is 14.5 Å². The minimum atomic E-state index is 0.00274. The van der Waals surface area contributed by atoms with Gasteiger partial charge in [-0.3, -0.25) is 19.5 Å². The number of fused-ring (bicyclic) bond motifs is 2. The van der Waals surface area contributed by atoms with Crippen LogP contribution in [0.3, 0.4) is 0 Å². The molecule has 3 aromatic rings. The van der Waals surface area contributed by atoms with Gasteiger partial charge in [-0.2, -0.15) is 0 Å². The molecule has 7 heteroatoms. The number of hydrogen-bond donors (Lipinski definition) is 0. The van der Waals surface area contributed by atoms with Crippen molar-refractivity contribution in [2.45, 2.75) is 20.0 Å². The van der Waals surface area contributed by atoms with Crippen molar-refractivity contribution < 1.29 is 14.3 Å². The Bertz CT molecular complexity index is 1190. The third-order valence-corrected chi connectivity index (χ3v) is 6.47. The van der Waals surface area contributed by atoms with E-state index in [4.69, 9.17) is 4.74 Å². The molecule has 0 unspecified atom stereocenters. The number of benzene rings is 2. The predicted octanol–water partition coefficient (Wildman–Crippen LogP) is 2.93. The molecule has 0 saturated carbocycles. The van der Waals surface area contributed by atoms with Crippen molar-refractivity contribution in [1.82, 2.24) is 19.7 Å². The van der Waals surface area contributed by atoms with Gasteiger partial charge in [-0.05, 0) is 42.0 Å². The van der Waals surface area contributed by atoms with E-state index in [0.29, 0.717) is 25.3 Å². The summed E-state index contributed by atoms with van der Waals surface area (Å²) in [6, 6.07) is 15.8. The highest BCUT2D eigenvalue weighted by Gasteiger charge is 2.23. The lowest BCUT2D eigenvalue weighted by Gasteiger charge is -2.34. The highest BCUT2D eigenvalue weighted by molar-refractivity contribution is 5.98. The topological polar surface area (TPSA) is 66.0 Å². The Labute approximate surface area is 193 Å². The van der Waals surface area contributed by atoms with Gasteiger partial charge in [0.25, 0.3) is 5.91 Å². The summed E-state index contributed by atoms with van der Waals surface area (Å²) >= 11 is 0. The number of nitrogens with zero attached hydrogens (tertiary/aromatic N) is 4. The van der Waals surface area contributed by atoms with E-state index in [0.717, 1.165) is 54.9 Å². The van der Waals surface area contributed by atoms with Crippen LogP contribution in [0.1, 0.15) is 28.4 Å². The summed E-state index contributed by atoms with van der Waals surface area (Å²) in [4.78, 5) is 35.3. The van der Waals surface area contributed by atoms with E-state index in [1.54, 1.807) is 13.1 Å². The van der Waals surface area contributed by atoms with E-state index in [1.165, 1.54) is 5.56 Å². The summed E-state index contributed by atoms with van der Waals surface area (Å²) in [7, 11) is 0. The minimum absolute atomic E-state index is 0.00274. The second kappa shape index (κ2) is 9.19. The highest BCUT2D eigenvalue weighted by Crippen LogP contribution is 2.26. The van der Waals surface area contributed by atoms with Crippen LogP contribution in [-0.2, 0) is 17.9 Å². The van der Waals surface area contributed by atoms with Gasteiger partial charge in [-0.1, -0.05) is 12.1 Å². The Kier molecular flexibility index (Phi) is 5.96. The third-order valence-electron chi connectivity index (χ3n) is 6.47. The standard InChI is InChI=1S/C26H28N4O3/c1-19(31)29-11-9-28(10-12-29)17-20-4-7-25-23(15-20)18-30(13-14-33-25)26(32)22-5-6-24-21(16-22)3-2-8-27-24/h2-8,15-16H,9-14,17-18H2,1H3. The molecule has 1 fully saturated rings. The maximum atomic E-state index is 13.3. The lowest BCUT2D eigenvalue weighted by molar-refractivity contribution is -0.130. The highest BCUT2D eigenvalue weighted by atomic mass is 16.5. The lowest BCUT2D eigenvalue weighted by atomic mass is 10.1. The Morgan fingerprint density at radius 2 is 1.82 bits per heavy atom. The summed E-state index contributed by atoms with van der Waals surface area (Å²) < 4.78 is 5.96. The van der Waals surface area contributed by atoms with Crippen LogP contribution in [0.25, 0.3) is 10.9 Å². The number of amides is 2. The minimum Gasteiger partial charge on any atom is -0.491 e. The van der Waals surface area contributed by atoms with Crippen LogP contribution in [0.5, 0.6) is 5.75 Å². The zero-order chi connectivity index (χ0) is 22.8. The molecule has 1 saturated heterocycles. The van der Waals surface area contributed by atoms with Gasteiger partial charge in [0.1, 0.15) is 12.4 Å². The van der Waals surface area contributed by atoms with E-state index < -0.39 is 0 Å². The van der Waals surface area contributed by atoms with Crippen LogP contribution in [0.2, 0.25) is 0 Å². The molecule has 0 spiro atoms. The monoisotopic (exact) mass is 444 g/mol. The van der Waals surface area contributed by atoms with Crippen LogP contribution in [0.15, 0.2) is 54.7 Å². The van der Waals surface area contributed by atoms with Gasteiger partial charge in [-0.15, -0.1) is 0 Å². The number of aromatic nitrogens is 1. The molecule has 2 aliphatic heterocycles. The maximum absolute atomic E-state index is 13.3. The molecule has 33 heavy (non-hydrogen) atoms. The molecular weight excluding hydrogens is 416 g/mol. The van der Waals surface area contributed by atoms with Crippen molar-refractivity contribution in [2.24, 2.45) is 0 Å². The summed E-state index contributed by atoms with van der Waals surface area (Å²) in [6.07, 6.45) is 1.76. The normalized spacial score (nSPS) is 16.8. The Hall–Kier alpha value is -3.45. The summed E-state index contributed by atoms with van der Waals surface area (Å²) in [5.74, 6) is 0.991. The largest absolute Gasteiger partial charge is 0.491 e. The fraction of sp³-hybridized carbons (Fsp3) is 0.346. The average molecular weight is 445 g/mol. The van der Waals surface area contributed by atoms with Gasteiger partial charge >= 0.3 is 0 Å². The van der Waals surface area contributed by atoms with Crippen LogP contribution < -0.4 is 4.74 Å². The van der Waals surface area contributed by atoms with Gasteiger partial charge in [0.2, 0.25) is 5.91 Å². The molecule has 0 aliphatic carbocycles. The van der Waals surface area contributed by atoms with E-state index in [2.05, 4.69) is 22.0 Å². The molecule has 0 atom stereocenters. The van der Waals surface area contributed by atoms with E-state index in [1.807, 2.05) is 46.2 Å². The van der Waals surface area contributed by atoms with Crippen molar-refractivity contribution in [2.75, 3.05) is 39.3 Å². The second-order valence-electron chi connectivity index (χ2n) is 8.71. The molecule has 0 bridgehead atoms. The summed E-state index contributed by atoms with van der Waals surface area (Å²) in [6.45, 7) is 7.27. The van der Waals surface area contributed by atoms with Crippen molar-refractivity contribution in [3.05, 3.63) is 71.4 Å². The Balaban J connectivity index is 1.30. The number of ether oxygens (including phenoxy) is 1. The van der Waals surface area contributed by atoms with Crippen molar-refractivity contribution >= 4 is 22.7 Å². The number of carbonyl (C=O) groups is 2. The van der Waals surface area contributed by atoms with Crippen molar-refractivity contribution in [3.63, 3.8) is 0 Å². The second-order valence-corrected chi connectivity index (χ2v) is 8.71. The van der Waals surface area contributed by atoms with Gasteiger partial charge in [-0.25, -0.2) is 0 Å². The van der Waals surface area contributed by atoms with Crippen molar-refractivity contribution in [1.29, 1.82) is 0 Å². The van der Waals surface area contributed by atoms with Gasteiger partial charge in [0, 0.05) is 68.9 Å². The molecule has 170 valence electrons. The van der Waals surface area contributed by atoms with Crippen LogP contribution in [-0.4, -0.2) is 70.8 Å². The molecule has 2 amide bonds. The van der Waals surface area contributed by atoms with Crippen LogP contribution in [0, 0.1) is 0 Å². The van der Waals surface area contributed by atoms with Crippen molar-refractivity contribution in [3.8, 4) is 5.75 Å². The Morgan fingerprint density at radius 3 is 2.64 bits per heavy atom. The molecule has 5 rings (SSSR count). The summed E-state index contributed by atoms with van der Waals surface area (Å²) in [5, 5.41) is 0.960. The Morgan fingerprint density at radius 1 is 0.970 bits per heavy atom. The number of pyridine rings is 1. The molecular formula is C26H28N4O3. The zero-order valence-corrected chi connectivity index (χ0v) is 18.9. The van der Waals surface area contributed by atoms with Gasteiger partial charge in [0.05, 0.1) is 12.1 Å². The lowest BCUT2D eigenvalue weighted by Crippen LogP contribution is -2.47. The number of carbonyl (C=O) groups excluding carboxylic acids is 2. The van der Waals surface area contributed by atoms with Crippen LogP contribution >= 0.6 is 0 Å². The average Bonchev–Trinajstić information content (AvgIpc) is 3.06. The predicted molar refractivity (Wildman–Crippen MR) is 126 cm³/mol. The first-order valence-electron chi connectivity index (χ1n) is 11.4. The summed E-state index contributed by atoms with van der Waals surface area (Å²) in [5.41, 5.74) is 3.77. The first kappa shape index (κ1) is 21.4. The molecule has 2 aromatic carbocycles. The van der Waals surface area contributed by atoms with Crippen LogP contribution in [0.4, 0.5) is 0 Å². The third kappa shape index (κ3) is 4.68. The zero-order valence-electron chi connectivity index (χ0n) is 18.9. The fourth-order valence-corrected chi connectivity index (χ4v) is 4.59. The molecule has 3 heterocycles. The molecule has 0 N–H and O–H groups in total. The quantitative estimate of drug-likeness (QED) is 0.622. The molecule has 1 aromatic heterocycles. The number of rotatable bonds is 3. The molecule has 7 nitrogen and oxygen atoms in total. The maximum Gasteiger partial charge on any atom is 0.254 e. The fourth-order valence-electron chi connectivity index (χ4n) is 4.59. The number of piperazine rings is 1. The van der Waals surface area contributed by atoms with E-state index in [9.17, 15) is 9.59 Å².